The number of halogens is 1. The maximum atomic E-state index is 6.40. The first kappa shape index (κ1) is 11.6. The lowest BCUT2D eigenvalue weighted by atomic mass is 9.81. The summed E-state index contributed by atoms with van der Waals surface area (Å²) in [5.41, 5.74) is 7.69. The lowest BCUT2D eigenvalue weighted by molar-refractivity contribution is 0.280. The molecule has 3 rings (SSSR count). The molecule has 1 nitrogen and oxygen atoms in total. The molecule has 1 aromatic carbocycles. The van der Waals surface area contributed by atoms with Gasteiger partial charge in [-0.2, -0.15) is 0 Å². The van der Waals surface area contributed by atoms with Crippen molar-refractivity contribution in [2.75, 3.05) is 0 Å². The second kappa shape index (κ2) is 4.62. The Morgan fingerprint density at radius 3 is 2.82 bits per heavy atom. The Morgan fingerprint density at radius 1 is 1.29 bits per heavy atom. The van der Waals surface area contributed by atoms with Crippen molar-refractivity contribution in [1.29, 1.82) is 0 Å². The van der Waals surface area contributed by atoms with Gasteiger partial charge in [-0.1, -0.05) is 30.2 Å². The van der Waals surface area contributed by atoms with Gasteiger partial charge in [0.15, 0.2) is 0 Å². The molecule has 2 heteroatoms. The lowest BCUT2D eigenvalue weighted by Crippen LogP contribution is -2.35. The summed E-state index contributed by atoms with van der Waals surface area (Å²) in [7, 11) is 0. The number of fused-ring (bicyclic) bond motifs is 2. The molecule has 0 amide bonds. The topological polar surface area (TPSA) is 26.0 Å². The Bertz CT molecular complexity index is 404. The number of benzene rings is 1. The Balaban J connectivity index is 1.65. The van der Waals surface area contributed by atoms with Gasteiger partial charge < -0.3 is 5.73 Å². The molecule has 2 bridgehead atoms. The number of nitrogens with two attached hydrogens (primary N) is 1. The summed E-state index contributed by atoms with van der Waals surface area (Å²) < 4.78 is 0. The minimum absolute atomic E-state index is 0.323. The molecular formula is C15H20ClN. The Morgan fingerprint density at radius 2 is 2.18 bits per heavy atom. The van der Waals surface area contributed by atoms with Crippen molar-refractivity contribution in [2.24, 2.45) is 23.5 Å². The molecule has 2 N–H and O–H groups in total. The van der Waals surface area contributed by atoms with Gasteiger partial charge >= 0.3 is 0 Å². The predicted octanol–water partition coefficient (Wildman–Crippen LogP) is 3.65. The van der Waals surface area contributed by atoms with E-state index in [2.05, 4.69) is 12.1 Å². The van der Waals surface area contributed by atoms with Crippen LogP contribution in [0.15, 0.2) is 24.3 Å². The molecule has 1 aromatic rings. The van der Waals surface area contributed by atoms with Gasteiger partial charge in [-0.05, 0) is 61.1 Å². The summed E-state index contributed by atoms with van der Waals surface area (Å²) in [4.78, 5) is 0. The third kappa shape index (κ3) is 2.36. The van der Waals surface area contributed by atoms with Crippen molar-refractivity contribution in [3.8, 4) is 0 Å². The van der Waals surface area contributed by atoms with Gasteiger partial charge in [-0.25, -0.2) is 0 Å². The van der Waals surface area contributed by atoms with Crippen molar-refractivity contribution in [2.45, 2.75) is 38.1 Å². The van der Waals surface area contributed by atoms with Crippen LogP contribution >= 0.6 is 11.6 Å². The minimum Gasteiger partial charge on any atom is -0.327 e. The quantitative estimate of drug-likeness (QED) is 0.870. The third-order valence-corrected chi connectivity index (χ3v) is 4.94. The zero-order chi connectivity index (χ0) is 11.8. The molecule has 2 aliphatic carbocycles. The second-order valence-corrected chi connectivity index (χ2v) is 6.27. The SMILES string of the molecule is NC(Cc1cccc(Cl)c1)C1CC2CCC1C2. The summed E-state index contributed by atoms with van der Waals surface area (Å²) in [6, 6.07) is 8.45. The van der Waals surface area contributed by atoms with E-state index in [-0.39, 0.29) is 0 Å². The van der Waals surface area contributed by atoms with Crippen LogP contribution in [0.3, 0.4) is 0 Å². The summed E-state index contributed by atoms with van der Waals surface area (Å²) in [5, 5.41) is 0.822. The van der Waals surface area contributed by atoms with Gasteiger partial charge in [0.1, 0.15) is 0 Å². The first-order valence-electron chi connectivity index (χ1n) is 6.72. The van der Waals surface area contributed by atoms with E-state index in [1.165, 1.54) is 31.2 Å². The fourth-order valence-corrected chi connectivity index (χ4v) is 4.12. The summed E-state index contributed by atoms with van der Waals surface area (Å²) in [6.07, 6.45) is 6.65. The summed E-state index contributed by atoms with van der Waals surface area (Å²) in [6.45, 7) is 0. The van der Waals surface area contributed by atoms with E-state index in [9.17, 15) is 0 Å². The Kier molecular flexibility index (Phi) is 3.14. The van der Waals surface area contributed by atoms with Crippen LogP contribution in [0.25, 0.3) is 0 Å². The van der Waals surface area contributed by atoms with Crippen LogP contribution in [-0.4, -0.2) is 6.04 Å². The van der Waals surface area contributed by atoms with Crippen molar-refractivity contribution in [3.05, 3.63) is 34.9 Å². The molecule has 2 saturated carbocycles. The smallest absolute Gasteiger partial charge is 0.0408 e. The van der Waals surface area contributed by atoms with Gasteiger partial charge in [0.2, 0.25) is 0 Å². The van der Waals surface area contributed by atoms with Crippen molar-refractivity contribution in [1.82, 2.24) is 0 Å². The first-order chi connectivity index (χ1) is 8.22. The Labute approximate surface area is 108 Å². The van der Waals surface area contributed by atoms with E-state index < -0.39 is 0 Å². The van der Waals surface area contributed by atoms with E-state index in [1.54, 1.807) is 0 Å². The third-order valence-electron chi connectivity index (χ3n) is 4.70. The Hall–Kier alpha value is -0.530. The maximum Gasteiger partial charge on any atom is 0.0408 e. The lowest BCUT2D eigenvalue weighted by Gasteiger charge is -2.27. The maximum absolute atomic E-state index is 6.40. The van der Waals surface area contributed by atoms with Crippen molar-refractivity contribution >= 4 is 11.6 Å². The molecule has 4 unspecified atom stereocenters. The molecular weight excluding hydrogens is 230 g/mol. The van der Waals surface area contributed by atoms with E-state index >= 15 is 0 Å². The standard InChI is InChI=1S/C15H20ClN/c16-13-3-1-2-10(7-13)9-15(17)14-8-11-4-5-12(14)6-11/h1-3,7,11-12,14-15H,4-6,8-9,17H2. The zero-order valence-corrected chi connectivity index (χ0v) is 10.9. The molecule has 2 fully saturated rings. The van der Waals surface area contributed by atoms with Gasteiger partial charge in [-0.3, -0.25) is 0 Å². The second-order valence-electron chi connectivity index (χ2n) is 5.84. The number of hydrogen-bond acceptors (Lipinski definition) is 1. The van der Waals surface area contributed by atoms with Crippen LogP contribution in [0.5, 0.6) is 0 Å². The van der Waals surface area contributed by atoms with E-state index in [4.69, 9.17) is 17.3 Å². The van der Waals surface area contributed by atoms with Crippen molar-refractivity contribution in [3.63, 3.8) is 0 Å². The molecule has 0 aromatic heterocycles. The van der Waals surface area contributed by atoms with Crippen LogP contribution < -0.4 is 5.73 Å². The molecule has 17 heavy (non-hydrogen) atoms. The first-order valence-corrected chi connectivity index (χ1v) is 7.10. The highest BCUT2D eigenvalue weighted by molar-refractivity contribution is 6.30. The monoisotopic (exact) mass is 249 g/mol. The van der Waals surface area contributed by atoms with Crippen LogP contribution in [0.2, 0.25) is 5.02 Å². The molecule has 0 spiro atoms. The highest BCUT2D eigenvalue weighted by atomic mass is 35.5. The summed E-state index contributed by atoms with van der Waals surface area (Å²) in [5.74, 6) is 2.65. The van der Waals surface area contributed by atoms with Gasteiger partial charge in [0.25, 0.3) is 0 Å². The highest BCUT2D eigenvalue weighted by Gasteiger charge is 2.41. The van der Waals surface area contributed by atoms with Crippen LogP contribution in [0.1, 0.15) is 31.2 Å². The van der Waals surface area contributed by atoms with E-state index in [1.807, 2.05) is 12.1 Å². The minimum atomic E-state index is 0.323. The number of rotatable bonds is 3. The fraction of sp³-hybridized carbons (Fsp3) is 0.600. The molecule has 0 heterocycles. The average Bonchev–Trinajstić information content (AvgIpc) is 2.90. The normalized spacial score (nSPS) is 32.9. The summed E-state index contributed by atoms with van der Waals surface area (Å²) >= 11 is 6.01. The largest absolute Gasteiger partial charge is 0.327 e. The number of hydrogen-bond donors (Lipinski definition) is 1. The van der Waals surface area contributed by atoms with Gasteiger partial charge in [0.05, 0.1) is 0 Å². The predicted molar refractivity (Wildman–Crippen MR) is 72.1 cm³/mol. The fourth-order valence-electron chi connectivity index (χ4n) is 3.91. The van der Waals surface area contributed by atoms with Gasteiger partial charge in [0, 0.05) is 11.1 Å². The van der Waals surface area contributed by atoms with Gasteiger partial charge in [-0.15, -0.1) is 0 Å². The molecule has 2 aliphatic rings. The average molecular weight is 250 g/mol. The van der Waals surface area contributed by atoms with Crippen molar-refractivity contribution < 1.29 is 0 Å². The zero-order valence-electron chi connectivity index (χ0n) is 10.1. The molecule has 0 radical (unpaired) electrons. The molecule has 4 atom stereocenters. The molecule has 92 valence electrons. The van der Waals surface area contributed by atoms with E-state index in [0.717, 1.165) is 29.2 Å². The highest BCUT2D eigenvalue weighted by Crippen LogP contribution is 2.49. The van der Waals surface area contributed by atoms with Crippen LogP contribution in [-0.2, 0) is 6.42 Å². The van der Waals surface area contributed by atoms with Crippen LogP contribution in [0, 0.1) is 17.8 Å². The van der Waals surface area contributed by atoms with E-state index in [0.29, 0.717) is 6.04 Å². The molecule has 0 saturated heterocycles. The molecule has 0 aliphatic heterocycles. The van der Waals surface area contributed by atoms with Crippen LogP contribution in [0.4, 0.5) is 0 Å².